The monoisotopic (exact) mass is 247 g/mol. The molecule has 0 spiro atoms. The minimum atomic E-state index is -0.233. The zero-order valence-corrected chi connectivity index (χ0v) is 9.84. The van der Waals surface area contributed by atoms with E-state index in [1.54, 1.807) is 10.9 Å². The largest absolute Gasteiger partial charge is 0.329 e. The molecule has 0 radical (unpaired) electrons. The molecule has 2 aromatic rings. The molecule has 1 aliphatic heterocycles. The number of amides is 1. The number of nitrogens with zero attached hydrogens (tertiary/aromatic N) is 4. The van der Waals surface area contributed by atoms with Gasteiger partial charge in [-0.15, -0.1) is 0 Å². The van der Waals surface area contributed by atoms with Crippen molar-refractivity contribution in [2.45, 2.75) is 12.5 Å². The van der Waals surface area contributed by atoms with Gasteiger partial charge in [0.15, 0.2) is 11.5 Å². The molecule has 1 saturated heterocycles. The summed E-state index contributed by atoms with van der Waals surface area (Å²) >= 11 is 0. The van der Waals surface area contributed by atoms with Crippen molar-refractivity contribution >= 4 is 22.9 Å². The predicted octanol–water partition coefficient (Wildman–Crippen LogP) is -0.832. The highest BCUT2D eigenvalue weighted by atomic mass is 16.2. The molecule has 8 nitrogen and oxygen atoms in total. The molecule has 0 aromatic carbocycles. The Kier molecular flexibility index (Phi) is 2.65. The first-order valence-corrected chi connectivity index (χ1v) is 5.67. The van der Waals surface area contributed by atoms with Crippen LogP contribution >= 0.6 is 0 Å². The van der Waals surface area contributed by atoms with Crippen molar-refractivity contribution in [1.82, 2.24) is 30.4 Å². The van der Waals surface area contributed by atoms with Gasteiger partial charge in [-0.25, -0.2) is 20.4 Å². The second kappa shape index (κ2) is 4.31. The van der Waals surface area contributed by atoms with Gasteiger partial charge in [-0.3, -0.25) is 10.2 Å². The fourth-order valence-electron chi connectivity index (χ4n) is 1.96. The van der Waals surface area contributed by atoms with Gasteiger partial charge in [0.25, 0.3) is 0 Å². The Morgan fingerprint density at radius 2 is 2.39 bits per heavy atom. The van der Waals surface area contributed by atoms with Crippen LogP contribution in [-0.4, -0.2) is 38.0 Å². The van der Waals surface area contributed by atoms with Gasteiger partial charge in [0, 0.05) is 13.6 Å². The Morgan fingerprint density at radius 1 is 1.50 bits per heavy atom. The summed E-state index contributed by atoms with van der Waals surface area (Å²) in [4.78, 5) is 24.2. The van der Waals surface area contributed by atoms with Gasteiger partial charge in [-0.1, -0.05) is 0 Å². The van der Waals surface area contributed by atoms with E-state index in [-0.39, 0.29) is 11.9 Å². The molecular formula is C10H13N7O. The van der Waals surface area contributed by atoms with E-state index < -0.39 is 0 Å². The van der Waals surface area contributed by atoms with E-state index in [1.165, 1.54) is 6.33 Å². The molecule has 18 heavy (non-hydrogen) atoms. The molecule has 3 heterocycles. The number of carbonyl (C=O) groups is 1. The smallest absolute Gasteiger partial charge is 0.244 e. The molecule has 3 N–H and O–H groups in total. The number of hydrogen-bond acceptors (Lipinski definition) is 6. The molecule has 1 fully saturated rings. The minimum absolute atomic E-state index is 0.110. The Bertz CT molecular complexity index is 587. The van der Waals surface area contributed by atoms with Crippen molar-refractivity contribution in [1.29, 1.82) is 0 Å². The van der Waals surface area contributed by atoms with E-state index in [2.05, 4.69) is 31.1 Å². The Morgan fingerprint density at radius 3 is 3.17 bits per heavy atom. The van der Waals surface area contributed by atoms with Crippen LogP contribution in [0.2, 0.25) is 0 Å². The summed E-state index contributed by atoms with van der Waals surface area (Å²) in [6.45, 7) is 0.781. The third-order valence-corrected chi connectivity index (χ3v) is 2.90. The maximum atomic E-state index is 12.0. The molecule has 8 heteroatoms. The van der Waals surface area contributed by atoms with Gasteiger partial charge in [0.2, 0.25) is 5.91 Å². The normalized spacial score (nSPS) is 19.3. The van der Waals surface area contributed by atoms with Crippen LogP contribution in [0.1, 0.15) is 6.42 Å². The number of imidazole rings is 1. The summed E-state index contributed by atoms with van der Waals surface area (Å²) in [7, 11) is 1.84. The van der Waals surface area contributed by atoms with Crippen molar-refractivity contribution in [3.05, 3.63) is 12.7 Å². The summed E-state index contributed by atoms with van der Waals surface area (Å²) in [6.07, 6.45) is 3.79. The number of fused-ring (bicyclic) bond motifs is 1. The second-order valence-corrected chi connectivity index (χ2v) is 4.15. The summed E-state index contributed by atoms with van der Waals surface area (Å²) in [6, 6.07) is -0.233. The van der Waals surface area contributed by atoms with Crippen LogP contribution < -0.4 is 16.2 Å². The third kappa shape index (κ3) is 1.81. The number of hydrogen-bond donors (Lipinski definition) is 3. The van der Waals surface area contributed by atoms with Crippen LogP contribution in [0.4, 0.5) is 5.82 Å². The number of anilines is 1. The molecule has 0 aliphatic carbocycles. The molecule has 3 rings (SSSR count). The van der Waals surface area contributed by atoms with Crippen molar-refractivity contribution in [3.63, 3.8) is 0 Å². The first-order valence-electron chi connectivity index (χ1n) is 5.67. The van der Waals surface area contributed by atoms with Crippen LogP contribution in [0.15, 0.2) is 12.7 Å². The van der Waals surface area contributed by atoms with Crippen LogP contribution in [0.25, 0.3) is 11.2 Å². The van der Waals surface area contributed by atoms with Gasteiger partial charge >= 0.3 is 0 Å². The molecule has 1 aliphatic rings. The van der Waals surface area contributed by atoms with Crippen LogP contribution in [-0.2, 0) is 11.8 Å². The molecular weight excluding hydrogens is 234 g/mol. The topological polar surface area (TPSA) is 96.8 Å². The fourth-order valence-corrected chi connectivity index (χ4v) is 1.96. The maximum absolute atomic E-state index is 12.0. The van der Waals surface area contributed by atoms with Crippen molar-refractivity contribution < 1.29 is 4.79 Å². The van der Waals surface area contributed by atoms with Crippen molar-refractivity contribution in [2.75, 3.05) is 11.9 Å². The first-order chi connectivity index (χ1) is 8.75. The molecule has 1 unspecified atom stereocenters. The Balaban J connectivity index is 1.90. The number of aromatic nitrogens is 4. The molecule has 2 aromatic heterocycles. The van der Waals surface area contributed by atoms with Crippen LogP contribution in [0, 0.1) is 0 Å². The van der Waals surface area contributed by atoms with E-state index in [4.69, 9.17) is 0 Å². The zero-order valence-electron chi connectivity index (χ0n) is 9.84. The lowest BCUT2D eigenvalue weighted by molar-refractivity contribution is -0.117. The number of carbonyl (C=O) groups excluding carboxylic acids is 1. The Hall–Kier alpha value is -2.06. The molecule has 1 atom stereocenters. The maximum Gasteiger partial charge on any atom is 0.244 e. The summed E-state index contributed by atoms with van der Waals surface area (Å²) in [5.41, 5.74) is 7.12. The fraction of sp³-hybridized carbons (Fsp3) is 0.400. The summed E-state index contributed by atoms with van der Waals surface area (Å²) in [5, 5.41) is 2.80. The number of hydrazine groups is 1. The SMILES string of the molecule is Cn1cnc2ncnc(NC(=O)C3CCNN3)c21. The lowest BCUT2D eigenvalue weighted by Gasteiger charge is -2.10. The van der Waals surface area contributed by atoms with E-state index in [9.17, 15) is 4.79 Å². The van der Waals surface area contributed by atoms with E-state index >= 15 is 0 Å². The molecule has 0 bridgehead atoms. The molecule has 94 valence electrons. The second-order valence-electron chi connectivity index (χ2n) is 4.15. The summed E-state index contributed by atoms with van der Waals surface area (Å²) < 4.78 is 1.78. The lowest BCUT2D eigenvalue weighted by Crippen LogP contribution is -2.39. The van der Waals surface area contributed by atoms with Crippen LogP contribution in [0.5, 0.6) is 0 Å². The highest BCUT2D eigenvalue weighted by Gasteiger charge is 2.23. The number of nitrogens with one attached hydrogen (secondary N) is 3. The number of aryl methyl sites for hydroxylation is 1. The van der Waals surface area contributed by atoms with Gasteiger partial charge in [0.05, 0.1) is 6.33 Å². The van der Waals surface area contributed by atoms with Gasteiger partial charge in [-0.2, -0.15) is 0 Å². The average Bonchev–Trinajstić information content (AvgIpc) is 3.00. The number of rotatable bonds is 2. The highest BCUT2D eigenvalue weighted by Crippen LogP contribution is 2.17. The van der Waals surface area contributed by atoms with Crippen molar-refractivity contribution in [3.8, 4) is 0 Å². The van der Waals surface area contributed by atoms with Gasteiger partial charge < -0.3 is 9.88 Å². The predicted molar refractivity (Wildman–Crippen MR) is 64.5 cm³/mol. The zero-order chi connectivity index (χ0) is 12.5. The molecule has 0 saturated carbocycles. The molecule has 1 amide bonds. The summed E-state index contributed by atoms with van der Waals surface area (Å²) in [5.74, 6) is 0.375. The highest BCUT2D eigenvalue weighted by molar-refractivity contribution is 5.99. The average molecular weight is 247 g/mol. The van der Waals surface area contributed by atoms with E-state index in [0.29, 0.717) is 11.5 Å². The van der Waals surface area contributed by atoms with E-state index in [1.807, 2.05) is 7.05 Å². The van der Waals surface area contributed by atoms with Gasteiger partial charge in [0.1, 0.15) is 17.9 Å². The van der Waals surface area contributed by atoms with E-state index in [0.717, 1.165) is 18.5 Å². The first kappa shape index (κ1) is 11.1. The standard InChI is InChI=1S/C10H13N7O/c1-17-5-13-8-7(17)9(12-4-11-8)15-10(18)6-2-3-14-16-6/h4-6,14,16H,2-3H2,1H3,(H,11,12,15,18). The van der Waals surface area contributed by atoms with Crippen molar-refractivity contribution in [2.24, 2.45) is 7.05 Å². The quantitative estimate of drug-likeness (QED) is 0.641. The minimum Gasteiger partial charge on any atom is -0.329 e. The third-order valence-electron chi connectivity index (χ3n) is 2.90. The van der Waals surface area contributed by atoms with Gasteiger partial charge in [-0.05, 0) is 6.42 Å². The van der Waals surface area contributed by atoms with Crippen LogP contribution in [0.3, 0.4) is 0 Å². The lowest BCUT2D eigenvalue weighted by atomic mass is 10.2. The Labute approximate surface area is 103 Å².